The average Bonchev–Trinajstić information content (AvgIpc) is 2.38. The highest BCUT2D eigenvalue weighted by molar-refractivity contribution is 5.47. The van der Waals surface area contributed by atoms with Crippen LogP contribution in [0.15, 0.2) is 48.5 Å². The van der Waals surface area contributed by atoms with E-state index < -0.39 is 4.92 Å². The molecule has 0 spiro atoms. The Labute approximate surface area is 105 Å². The minimum Gasteiger partial charge on any atom is -0.258 e. The number of rotatable bonds is 1. The Hall–Kier alpha value is -2.60. The van der Waals surface area contributed by atoms with Crippen LogP contribution in [0.4, 0.5) is 5.69 Å². The molecule has 2 aromatic rings. The SMILES string of the molecule is Cc1ccc(C#Cc2cccc([N+](=O)[O-])c2)cc1. The third kappa shape index (κ3) is 2.96. The van der Waals surface area contributed by atoms with Gasteiger partial charge in [0.25, 0.3) is 5.69 Å². The highest BCUT2D eigenvalue weighted by Gasteiger charge is 2.03. The fourth-order valence-corrected chi connectivity index (χ4v) is 1.48. The van der Waals surface area contributed by atoms with Gasteiger partial charge in [-0.05, 0) is 25.1 Å². The lowest BCUT2D eigenvalue weighted by Gasteiger charge is -1.93. The largest absolute Gasteiger partial charge is 0.270 e. The van der Waals surface area contributed by atoms with E-state index in [1.165, 1.54) is 17.7 Å². The third-order valence-corrected chi connectivity index (χ3v) is 2.46. The normalized spacial score (nSPS) is 9.39. The van der Waals surface area contributed by atoms with Crippen molar-refractivity contribution >= 4 is 5.69 Å². The van der Waals surface area contributed by atoms with Gasteiger partial charge in [0.2, 0.25) is 0 Å². The van der Waals surface area contributed by atoms with E-state index in [-0.39, 0.29) is 5.69 Å². The van der Waals surface area contributed by atoms with Crippen molar-refractivity contribution in [2.45, 2.75) is 6.92 Å². The Morgan fingerprint density at radius 3 is 2.33 bits per heavy atom. The Morgan fingerprint density at radius 1 is 1.00 bits per heavy atom. The first kappa shape index (κ1) is 11.9. The third-order valence-electron chi connectivity index (χ3n) is 2.46. The van der Waals surface area contributed by atoms with Gasteiger partial charge in [-0.3, -0.25) is 10.1 Å². The van der Waals surface area contributed by atoms with E-state index in [4.69, 9.17) is 0 Å². The highest BCUT2D eigenvalue weighted by Crippen LogP contribution is 2.12. The van der Waals surface area contributed by atoms with Crippen LogP contribution in [0.5, 0.6) is 0 Å². The predicted octanol–water partition coefficient (Wildman–Crippen LogP) is 3.30. The summed E-state index contributed by atoms with van der Waals surface area (Å²) in [6.07, 6.45) is 0. The Balaban J connectivity index is 2.27. The zero-order chi connectivity index (χ0) is 13.0. The molecule has 0 radical (unpaired) electrons. The number of nitro groups is 1. The molecule has 2 rings (SSSR count). The van der Waals surface area contributed by atoms with Crippen molar-refractivity contribution in [1.29, 1.82) is 0 Å². The molecule has 0 amide bonds. The van der Waals surface area contributed by atoms with Gasteiger partial charge in [-0.25, -0.2) is 0 Å². The van der Waals surface area contributed by atoms with Crippen LogP contribution < -0.4 is 0 Å². The number of hydrogen-bond donors (Lipinski definition) is 0. The molecular formula is C15H11NO2. The zero-order valence-electron chi connectivity index (χ0n) is 9.88. The molecule has 0 unspecified atom stereocenters. The molecule has 0 aliphatic heterocycles. The Bertz CT molecular complexity index is 634. The van der Waals surface area contributed by atoms with Crippen LogP contribution in [0.25, 0.3) is 0 Å². The first-order chi connectivity index (χ1) is 8.65. The number of aryl methyl sites for hydroxylation is 1. The smallest absolute Gasteiger partial charge is 0.258 e. The average molecular weight is 237 g/mol. The van der Waals surface area contributed by atoms with Crippen LogP contribution >= 0.6 is 0 Å². The lowest BCUT2D eigenvalue weighted by atomic mass is 10.1. The van der Waals surface area contributed by atoms with Crippen LogP contribution in [0, 0.1) is 28.9 Å². The Morgan fingerprint density at radius 2 is 1.67 bits per heavy atom. The first-order valence-corrected chi connectivity index (χ1v) is 5.48. The molecule has 0 N–H and O–H groups in total. The summed E-state index contributed by atoms with van der Waals surface area (Å²) in [5, 5.41) is 10.6. The summed E-state index contributed by atoms with van der Waals surface area (Å²) in [6.45, 7) is 2.01. The summed E-state index contributed by atoms with van der Waals surface area (Å²) in [5.74, 6) is 5.90. The van der Waals surface area contributed by atoms with Gasteiger partial charge >= 0.3 is 0 Å². The van der Waals surface area contributed by atoms with Crippen molar-refractivity contribution in [3.05, 3.63) is 75.3 Å². The quantitative estimate of drug-likeness (QED) is 0.434. The van der Waals surface area contributed by atoms with E-state index in [0.29, 0.717) is 5.56 Å². The van der Waals surface area contributed by atoms with Gasteiger partial charge in [0.15, 0.2) is 0 Å². The molecule has 0 bridgehead atoms. The predicted molar refractivity (Wildman–Crippen MR) is 70.3 cm³/mol. The van der Waals surface area contributed by atoms with Crippen molar-refractivity contribution in [3.8, 4) is 11.8 Å². The van der Waals surface area contributed by atoms with Gasteiger partial charge in [-0.2, -0.15) is 0 Å². The molecular weight excluding hydrogens is 226 g/mol. The molecule has 0 aliphatic rings. The van der Waals surface area contributed by atoms with Crippen molar-refractivity contribution in [1.82, 2.24) is 0 Å². The van der Waals surface area contributed by atoms with E-state index in [1.807, 2.05) is 31.2 Å². The first-order valence-electron chi connectivity index (χ1n) is 5.48. The molecule has 0 aliphatic carbocycles. The van der Waals surface area contributed by atoms with Crippen LogP contribution in [-0.4, -0.2) is 4.92 Å². The van der Waals surface area contributed by atoms with Crippen LogP contribution in [0.1, 0.15) is 16.7 Å². The summed E-state index contributed by atoms with van der Waals surface area (Å²) in [7, 11) is 0. The molecule has 0 aromatic heterocycles. The van der Waals surface area contributed by atoms with Crippen molar-refractivity contribution in [2.75, 3.05) is 0 Å². The minimum atomic E-state index is -0.420. The summed E-state index contributed by atoms with van der Waals surface area (Å²) in [5.41, 5.74) is 2.78. The second kappa shape index (κ2) is 5.15. The van der Waals surface area contributed by atoms with Gasteiger partial charge in [0.05, 0.1) is 4.92 Å². The summed E-state index contributed by atoms with van der Waals surface area (Å²) in [4.78, 5) is 10.2. The minimum absolute atomic E-state index is 0.0608. The topological polar surface area (TPSA) is 43.1 Å². The molecule has 0 saturated carbocycles. The monoisotopic (exact) mass is 237 g/mol. The van der Waals surface area contributed by atoms with Crippen LogP contribution in [-0.2, 0) is 0 Å². The zero-order valence-corrected chi connectivity index (χ0v) is 9.88. The lowest BCUT2D eigenvalue weighted by Crippen LogP contribution is -1.87. The van der Waals surface area contributed by atoms with E-state index in [0.717, 1.165) is 5.56 Å². The van der Waals surface area contributed by atoms with Gasteiger partial charge in [-0.1, -0.05) is 35.6 Å². The fourth-order valence-electron chi connectivity index (χ4n) is 1.48. The fraction of sp³-hybridized carbons (Fsp3) is 0.0667. The molecule has 0 heterocycles. The van der Waals surface area contributed by atoms with Gasteiger partial charge in [0, 0.05) is 23.3 Å². The molecule has 0 atom stereocenters. The maximum Gasteiger partial charge on any atom is 0.270 e. The van der Waals surface area contributed by atoms with Crippen molar-refractivity contribution < 1.29 is 4.92 Å². The number of nitrogens with zero attached hydrogens (tertiary/aromatic N) is 1. The van der Waals surface area contributed by atoms with Crippen LogP contribution in [0.3, 0.4) is 0 Å². The highest BCUT2D eigenvalue weighted by atomic mass is 16.6. The molecule has 3 heteroatoms. The standard InChI is InChI=1S/C15H11NO2/c1-12-5-7-13(8-6-12)9-10-14-3-2-4-15(11-14)16(17)18/h2-8,11H,1H3. The van der Waals surface area contributed by atoms with Crippen molar-refractivity contribution in [3.63, 3.8) is 0 Å². The maximum atomic E-state index is 10.6. The number of nitro benzene ring substituents is 1. The molecule has 88 valence electrons. The van der Waals surface area contributed by atoms with E-state index in [1.54, 1.807) is 12.1 Å². The maximum absolute atomic E-state index is 10.6. The summed E-state index contributed by atoms with van der Waals surface area (Å²) < 4.78 is 0. The van der Waals surface area contributed by atoms with E-state index >= 15 is 0 Å². The van der Waals surface area contributed by atoms with Gasteiger partial charge in [0.1, 0.15) is 0 Å². The summed E-state index contributed by atoms with van der Waals surface area (Å²) >= 11 is 0. The molecule has 18 heavy (non-hydrogen) atoms. The number of hydrogen-bond acceptors (Lipinski definition) is 2. The number of non-ortho nitro benzene ring substituents is 1. The van der Waals surface area contributed by atoms with Crippen LogP contribution in [0.2, 0.25) is 0 Å². The second-order valence-electron chi connectivity index (χ2n) is 3.92. The van der Waals surface area contributed by atoms with Gasteiger partial charge in [-0.15, -0.1) is 0 Å². The molecule has 0 fully saturated rings. The van der Waals surface area contributed by atoms with Crippen molar-refractivity contribution in [2.24, 2.45) is 0 Å². The molecule has 0 saturated heterocycles. The summed E-state index contributed by atoms with van der Waals surface area (Å²) in [6, 6.07) is 14.2. The second-order valence-corrected chi connectivity index (χ2v) is 3.92. The lowest BCUT2D eigenvalue weighted by molar-refractivity contribution is -0.384. The number of benzene rings is 2. The molecule has 3 nitrogen and oxygen atoms in total. The van der Waals surface area contributed by atoms with Gasteiger partial charge < -0.3 is 0 Å². The Kier molecular flexibility index (Phi) is 3.40. The molecule has 2 aromatic carbocycles. The van der Waals surface area contributed by atoms with E-state index in [2.05, 4.69) is 11.8 Å². The van der Waals surface area contributed by atoms with E-state index in [9.17, 15) is 10.1 Å².